The molecule has 1 heterocycles. The van der Waals surface area contributed by atoms with Gasteiger partial charge in [0.25, 0.3) is 0 Å². The van der Waals surface area contributed by atoms with Crippen LogP contribution in [0.5, 0.6) is 0 Å². The number of nitrogens with zero attached hydrogens (tertiary/aromatic N) is 1. The molecule has 0 fully saturated rings. The summed E-state index contributed by atoms with van der Waals surface area (Å²) >= 11 is 0. The maximum Gasteiger partial charge on any atom is 0.186 e. The van der Waals surface area contributed by atoms with Gasteiger partial charge in [0.05, 0.1) is 6.10 Å². The van der Waals surface area contributed by atoms with E-state index in [0.29, 0.717) is 5.92 Å². The van der Waals surface area contributed by atoms with Gasteiger partial charge in [0, 0.05) is 24.5 Å². The zero-order valence-corrected chi connectivity index (χ0v) is 16.6. The van der Waals surface area contributed by atoms with Crippen LogP contribution in [-0.2, 0) is 4.74 Å². The molecule has 5 heteroatoms. The van der Waals surface area contributed by atoms with E-state index in [0.717, 1.165) is 30.7 Å². The molecule has 0 saturated carbocycles. The maximum atomic E-state index is 10.4. The highest BCUT2D eigenvalue weighted by Gasteiger charge is 2.33. The third-order valence-electron chi connectivity index (χ3n) is 6.19. The van der Waals surface area contributed by atoms with Crippen LogP contribution < -0.4 is 10.6 Å². The molecule has 150 valence electrons. The highest BCUT2D eigenvalue weighted by atomic mass is 16.5. The fourth-order valence-electron chi connectivity index (χ4n) is 4.58. The fourth-order valence-corrected chi connectivity index (χ4v) is 4.58. The lowest BCUT2D eigenvalue weighted by atomic mass is 9.78. The van der Waals surface area contributed by atoms with Gasteiger partial charge in [-0.25, -0.2) is 4.99 Å². The minimum absolute atomic E-state index is 0.131. The van der Waals surface area contributed by atoms with Crippen molar-refractivity contribution in [3.8, 4) is 0 Å². The molecule has 5 unspecified atom stereocenters. The lowest BCUT2D eigenvalue weighted by Gasteiger charge is -2.36. The van der Waals surface area contributed by atoms with Gasteiger partial charge in [-0.2, -0.15) is 0 Å². The number of nitrogens with one attached hydrogen (secondary N) is 2. The van der Waals surface area contributed by atoms with E-state index in [9.17, 15) is 5.11 Å². The van der Waals surface area contributed by atoms with Crippen molar-refractivity contribution < 1.29 is 9.84 Å². The highest BCUT2D eigenvalue weighted by Crippen LogP contribution is 2.37. The fraction of sp³-hybridized carbons (Fsp3) is 0.375. The topological polar surface area (TPSA) is 65.9 Å². The summed E-state index contributed by atoms with van der Waals surface area (Å²) in [6, 6.07) is 0. The van der Waals surface area contributed by atoms with Crippen molar-refractivity contribution >= 4 is 5.84 Å². The first-order chi connectivity index (χ1) is 14.2. The second-order valence-corrected chi connectivity index (χ2v) is 8.07. The molecule has 0 saturated heterocycles. The molecule has 0 spiro atoms. The quantitative estimate of drug-likeness (QED) is 0.694. The third-order valence-corrected chi connectivity index (χ3v) is 6.19. The molecule has 0 aromatic rings. The van der Waals surface area contributed by atoms with Gasteiger partial charge in [0.15, 0.2) is 6.35 Å². The maximum absolute atomic E-state index is 10.4. The summed E-state index contributed by atoms with van der Waals surface area (Å²) in [4.78, 5) is 4.90. The van der Waals surface area contributed by atoms with Gasteiger partial charge in [-0.05, 0) is 42.1 Å². The highest BCUT2D eigenvalue weighted by molar-refractivity contribution is 6.02. The number of ether oxygens (including phenoxy) is 1. The zero-order chi connectivity index (χ0) is 19.8. The molecule has 5 atom stereocenters. The number of methoxy groups -OCH3 is 1. The van der Waals surface area contributed by atoms with Crippen molar-refractivity contribution in [2.24, 2.45) is 16.8 Å². The predicted octanol–water partition coefficient (Wildman–Crippen LogP) is 3.03. The average molecular weight is 389 g/mol. The minimum Gasteiger partial charge on any atom is -0.388 e. The molecule has 5 nitrogen and oxygen atoms in total. The van der Waals surface area contributed by atoms with Crippen molar-refractivity contribution in [1.82, 2.24) is 10.6 Å². The van der Waals surface area contributed by atoms with E-state index in [1.807, 2.05) is 18.2 Å². The van der Waals surface area contributed by atoms with Gasteiger partial charge >= 0.3 is 0 Å². The Hall–Kier alpha value is -2.47. The molecule has 1 aliphatic heterocycles. The van der Waals surface area contributed by atoms with Crippen LogP contribution in [0.3, 0.4) is 0 Å². The van der Waals surface area contributed by atoms with E-state index in [1.165, 1.54) is 16.7 Å². The van der Waals surface area contributed by atoms with Crippen molar-refractivity contribution in [3.05, 3.63) is 83.1 Å². The van der Waals surface area contributed by atoms with Crippen LogP contribution >= 0.6 is 0 Å². The number of aliphatic imine (C=N–C) groups is 1. The average Bonchev–Trinajstić information content (AvgIpc) is 2.77. The van der Waals surface area contributed by atoms with Crippen molar-refractivity contribution in [3.63, 3.8) is 0 Å². The minimum atomic E-state index is -0.564. The second kappa shape index (κ2) is 7.75. The monoisotopic (exact) mass is 389 g/mol. The summed E-state index contributed by atoms with van der Waals surface area (Å²) in [5, 5.41) is 17.0. The van der Waals surface area contributed by atoms with Gasteiger partial charge < -0.3 is 15.2 Å². The molecular weight excluding hydrogens is 362 g/mol. The predicted molar refractivity (Wildman–Crippen MR) is 115 cm³/mol. The van der Waals surface area contributed by atoms with Crippen molar-refractivity contribution in [2.75, 3.05) is 7.11 Å². The summed E-state index contributed by atoms with van der Waals surface area (Å²) in [5.41, 5.74) is 5.24. The lowest BCUT2D eigenvalue weighted by Crippen LogP contribution is -2.58. The number of hydrogen-bond acceptors (Lipinski definition) is 5. The molecule has 3 N–H and O–H groups in total. The van der Waals surface area contributed by atoms with Gasteiger partial charge in [0.2, 0.25) is 0 Å². The first-order valence-corrected chi connectivity index (χ1v) is 10.4. The molecule has 29 heavy (non-hydrogen) atoms. The van der Waals surface area contributed by atoms with Crippen LogP contribution in [0.15, 0.2) is 88.0 Å². The molecule has 5 rings (SSSR count). The molecular formula is C24H27N3O2. The largest absolute Gasteiger partial charge is 0.388 e. The summed E-state index contributed by atoms with van der Waals surface area (Å²) < 4.78 is 5.54. The Bertz CT molecular complexity index is 932. The Labute approximate surface area is 171 Å². The Morgan fingerprint density at radius 2 is 2.07 bits per heavy atom. The summed E-state index contributed by atoms with van der Waals surface area (Å²) in [6.07, 6.45) is 23.5. The number of rotatable bonds is 3. The molecule has 0 aromatic heterocycles. The van der Waals surface area contributed by atoms with Gasteiger partial charge in [-0.1, -0.05) is 54.7 Å². The van der Waals surface area contributed by atoms with Gasteiger partial charge in [-0.3, -0.25) is 5.32 Å². The number of allylic oxidation sites excluding steroid dienone is 10. The molecule has 0 aromatic carbocycles. The van der Waals surface area contributed by atoms with E-state index >= 15 is 0 Å². The Kier molecular flexibility index (Phi) is 4.96. The van der Waals surface area contributed by atoms with Crippen molar-refractivity contribution in [2.45, 2.75) is 37.9 Å². The van der Waals surface area contributed by atoms with E-state index in [4.69, 9.17) is 9.73 Å². The number of hydrogen-bond donors (Lipinski definition) is 3. The Balaban J connectivity index is 1.44. The summed E-state index contributed by atoms with van der Waals surface area (Å²) in [7, 11) is 1.66. The van der Waals surface area contributed by atoms with Crippen molar-refractivity contribution in [1.29, 1.82) is 0 Å². The standard InChI is InChI=1S/C24H27N3O2/c1-29-24-26-22(25-23(27-24)20-8-4-5-9-21(20)28)18-11-10-17-12-15-6-2-3-7-16(15)13-19(17)14-18/h3-5,7-9,11-14,17,20-21,23-24,27-28H,2,6,10H2,1H3,(H,25,26). The molecule has 4 aliphatic carbocycles. The molecule has 0 radical (unpaired) electrons. The van der Waals surface area contributed by atoms with Crippen LogP contribution in [0, 0.1) is 11.8 Å². The lowest BCUT2D eigenvalue weighted by molar-refractivity contribution is 0.0314. The molecule has 0 bridgehead atoms. The summed E-state index contributed by atoms with van der Waals surface area (Å²) in [5.74, 6) is 1.14. The van der Waals surface area contributed by atoms with E-state index in [-0.39, 0.29) is 18.4 Å². The second-order valence-electron chi connectivity index (χ2n) is 8.07. The van der Waals surface area contributed by atoms with Crippen LogP contribution in [0.2, 0.25) is 0 Å². The SMILES string of the molecule is COC1NC(C2=CCC3C=C4CCC=CC4=CC3=C2)=NC(C2C=CC=CC2O)N1. The van der Waals surface area contributed by atoms with Crippen LogP contribution in [0.25, 0.3) is 0 Å². The summed E-state index contributed by atoms with van der Waals surface area (Å²) in [6.45, 7) is 0. The number of amidine groups is 1. The van der Waals surface area contributed by atoms with E-state index in [1.54, 1.807) is 13.2 Å². The first-order valence-electron chi connectivity index (χ1n) is 10.4. The third kappa shape index (κ3) is 3.62. The van der Waals surface area contributed by atoms with Crippen LogP contribution in [-0.4, -0.2) is 36.7 Å². The van der Waals surface area contributed by atoms with Gasteiger partial charge in [-0.15, -0.1) is 0 Å². The smallest absolute Gasteiger partial charge is 0.186 e. The number of aliphatic hydroxyl groups excluding tert-OH is 1. The van der Waals surface area contributed by atoms with E-state index < -0.39 is 6.10 Å². The van der Waals surface area contributed by atoms with Gasteiger partial charge in [0.1, 0.15) is 12.0 Å². The molecule has 0 amide bonds. The zero-order valence-electron chi connectivity index (χ0n) is 16.6. The first kappa shape index (κ1) is 18.6. The Morgan fingerprint density at radius 3 is 2.93 bits per heavy atom. The Morgan fingerprint density at radius 1 is 1.17 bits per heavy atom. The van der Waals surface area contributed by atoms with Crippen LogP contribution in [0.4, 0.5) is 0 Å². The van der Waals surface area contributed by atoms with Crippen LogP contribution in [0.1, 0.15) is 19.3 Å². The normalized spacial score (nSPS) is 35.4. The molecule has 5 aliphatic rings. The van der Waals surface area contributed by atoms with E-state index in [2.05, 4.69) is 47.1 Å². The number of fused-ring (bicyclic) bond motifs is 2. The number of aliphatic hydroxyl groups is 1.